The summed E-state index contributed by atoms with van der Waals surface area (Å²) in [5.74, 6) is -4.20. The van der Waals surface area contributed by atoms with Crippen LogP contribution < -0.4 is 26.3 Å². The third-order valence-electron chi connectivity index (χ3n) is 7.85. The Morgan fingerprint density at radius 3 is 2.06 bits per heavy atom. The molecule has 20 heteroatoms. The summed E-state index contributed by atoms with van der Waals surface area (Å²) in [6.45, 7) is -1.06. The van der Waals surface area contributed by atoms with E-state index in [9.17, 15) is 14.0 Å². The van der Waals surface area contributed by atoms with Gasteiger partial charge in [-0.1, -0.05) is 43.5 Å². The molecule has 6 rings (SSSR count). The quantitative estimate of drug-likeness (QED) is 0.0572. The molecule has 2 aromatic heterocycles. The third kappa shape index (κ3) is 8.10. The maximum Gasteiger partial charge on any atom is 0.297 e. The van der Waals surface area contributed by atoms with Gasteiger partial charge in [0.2, 0.25) is 0 Å². The Labute approximate surface area is 325 Å². The van der Waals surface area contributed by atoms with Gasteiger partial charge >= 0.3 is 0 Å². The van der Waals surface area contributed by atoms with Crippen LogP contribution in [-0.2, 0) is 23.8 Å². The third-order valence-corrected chi connectivity index (χ3v) is 9.15. The molecule has 4 aromatic carbocycles. The van der Waals surface area contributed by atoms with E-state index in [4.69, 9.17) is 31.1 Å². The number of amides is 2. The van der Waals surface area contributed by atoms with E-state index in [2.05, 4.69) is 63.4 Å². The Bertz CT molecular complexity index is 2410. The van der Waals surface area contributed by atoms with Crippen LogP contribution in [0.2, 0.25) is 5.02 Å². The lowest BCUT2D eigenvalue weighted by Crippen LogP contribution is -2.27. The summed E-state index contributed by atoms with van der Waals surface area (Å²) in [4.78, 5) is 45.0. The molecule has 0 aliphatic rings. The predicted molar refractivity (Wildman–Crippen MR) is 201 cm³/mol. The zero-order valence-corrected chi connectivity index (χ0v) is 32.0. The van der Waals surface area contributed by atoms with Gasteiger partial charge in [-0.3, -0.25) is 23.8 Å². The molecule has 0 radical (unpaired) electrons. The van der Waals surface area contributed by atoms with Gasteiger partial charge in [0.1, 0.15) is 30.1 Å². The number of hydroxylamine groups is 2. The van der Waals surface area contributed by atoms with Crippen LogP contribution in [0, 0.1) is 17.5 Å². The van der Waals surface area contributed by atoms with E-state index in [1.54, 1.807) is 29.8 Å². The van der Waals surface area contributed by atoms with E-state index >= 15 is 8.78 Å². The Morgan fingerprint density at radius 2 is 1.41 bits per heavy atom. The van der Waals surface area contributed by atoms with Crippen molar-refractivity contribution in [3.63, 3.8) is 0 Å². The number of aryl methyl sites for hydroxylation is 2. The highest BCUT2D eigenvalue weighted by molar-refractivity contribution is 9.10. The molecule has 0 atom stereocenters. The largest absolute Gasteiger partial charge is 0.462 e. The van der Waals surface area contributed by atoms with Crippen LogP contribution in [0.4, 0.5) is 35.9 Å². The number of carbonyl (C=O) groups excluding carboxylic acids is 2. The second-order valence-corrected chi connectivity index (χ2v) is 13.6. The number of nitrogens with zero attached hydrogens (tertiary/aromatic N) is 4. The number of halogens is 6. The molecule has 0 aliphatic carbocycles. The first-order chi connectivity index (χ1) is 25.9. The normalized spacial score (nSPS) is 11.3. The number of imidazole rings is 2. The first-order valence-electron chi connectivity index (χ1n) is 15.7. The molecule has 0 aliphatic heterocycles. The van der Waals surface area contributed by atoms with E-state index < -0.39 is 41.6 Å². The summed E-state index contributed by atoms with van der Waals surface area (Å²) >= 11 is 12.8. The van der Waals surface area contributed by atoms with E-state index in [0.29, 0.717) is 20.1 Å². The molecule has 0 spiro atoms. The number of rotatable bonds is 14. The SMILES string of the molecule is Cn1cnc2c(F)c(Nc3ccc(Br)cc3Cl)c(C(=O)NOCCOc3nc4c(F)c(Nc5ccc(Br)cc5F)c(C(=O)NOCCO)cc4n3C)cc21. The summed E-state index contributed by atoms with van der Waals surface area (Å²) in [5.41, 5.74) is 3.93. The van der Waals surface area contributed by atoms with E-state index in [-0.39, 0.29) is 69.9 Å². The molecule has 0 unspecified atom stereocenters. The number of fused-ring (bicyclic) bond motifs is 2. The molecule has 0 saturated carbocycles. The van der Waals surface area contributed by atoms with Crippen molar-refractivity contribution in [1.29, 1.82) is 0 Å². The molecule has 0 fully saturated rings. The van der Waals surface area contributed by atoms with Crippen molar-refractivity contribution in [3.8, 4) is 6.01 Å². The minimum Gasteiger partial charge on any atom is -0.462 e. The van der Waals surface area contributed by atoms with E-state index in [1.807, 2.05) is 0 Å². The fraction of sp³-hybridized carbons (Fsp3) is 0.176. The zero-order valence-electron chi connectivity index (χ0n) is 28.1. The number of anilines is 4. The van der Waals surface area contributed by atoms with Gasteiger partial charge in [0.05, 0.1) is 69.5 Å². The average molecular weight is 897 g/mol. The molecular weight excluding hydrogens is 869 g/mol. The number of ether oxygens (including phenoxy) is 1. The molecule has 54 heavy (non-hydrogen) atoms. The number of carbonyl (C=O) groups is 2. The Morgan fingerprint density at radius 1 is 0.815 bits per heavy atom. The number of benzene rings is 4. The van der Waals surface area contributed by atoms with Gasteiger partial charge in [0, 0.05) is 23.0 Å². The lowest BCUT2D eigenvalue weighted by atomic mass is 10.1. The summed E-state index contributed by atoms with van der Waals surface area (Å²) < 4.78 is 56.3. The number of aromatic nitrogens is 4. The van der Waals surface area contributed by atoms with Crippen LogP contribution in [0.1, 0.15) is 20.7 Å². The monoisotopic (exact) mass is 894 g/mol. The standard InChI is InChI=1S/C34H28Br2ClF3N8O6/c1-47-15-41-30-24(47)13-18(28(26(30)39)42-22-5-3-16(35)11-20(22)37)32(50)46-54-10-9-52-34-44-31-25(48(34)2)14-19(33(51)45-53-8-7-49)29(27(31)40)43-23-6-4-17(36)12-21(23)38/h3-6,11-15,42-43,49H,7-10H2,1-2H3,(H,45,51)(H,46,50). The fourth-order valence-electron chi connectivity index (χ4n) is 5.23. The smallest absolute Gasteiger partial charge is 0.297 e. The van der Waals surface area contributed by atoms with Crippen molar-refractivity contribution >= 4 is 100 Å². The van der Waals surface area contributed by atoms with Crippen LogP contribution in [0.3, 0.4) is 0 Å². The maximum absolute atomic E-state index is 16.1. The number of aliphatic hydroxyl groups excluding tert-OH is 1. The van der Waals surface area contributed by atoms with Gasteiger partial charge in [-0.15, -0.1) is 0 Å². The van der Waals surface area contributed by atoms with Gasteiger partial charge in [-0.2, -0.15) is 4.98 Å². The molecule has 0 saturated heterocycles. The van der Waals surface area contributed by atoms with Crippen LogP contribution in [-0.4, -0.2) is 62.5 Å². The van der Waals surface area contributed by atoms with Crippen molar-refractivity contribution in [1.82, 2.24) is 30.1 Å². The zero-order chi connectivity index (χ0) is 38.7. The minimum atomic E-state index is -0.998. The first kappa shape index (κ1) is 38.8. The molecule has 2 amide bonds. The highest BCUT2D eigenvalue weighted by atomic mass is 79.9. The van der Waals surface area contributed by atoms with Crippen LogP contribution in [0.5, 0.6) is 6.01 Å². The van der Waals surface area contributed by atoms with Crippen molar-refractivity contribution in [2.24, 2.45) is 14.1 Å². The van der Waals surface area contributed by atoms with Gasteiger partial charge in [0.25, 0.3) is 17.8 Å². The fourth-order valence-corrected chi connectivity index (χ4v) is 6.29. The highest BCUT2D eigenvalue weighted by Crippen LogP contribution is 2.36. The molecule has 282 valence electrons. The van der Waals surface area contributed by atoms with Crippen molar-refractivity contribution < 1.29 is 42.3 Å². The predicted octanol–water partition coefficient (Wildman–Crippen LogP) is 6.94. The van der Waals surface area contributed by atoms with Crippen LogP contribution in [0.25, 0.3) is 22.1 Å². The van der Waals surface area contributed by atoms with Crippen molar-refractivity contribution in [2.75, 3.05) is 37.1 Å². The minimum absolute atomic E-state index is 0.0316. The summed E-state index contributed by atoms with van der Waals surface area (Å²) in [5, 5.41) is 14.8. The summed E-state index contributed by atoms with van der Waals surface area (Å²) in [7, 11) is 3.16. The number of aliphatic hydroxyl groups is 1. The summed E-state index contributed by atoms with van der Waals surface area (Å²) in [6, 6.07) is 11.6. The summed E-state index contributed by atoms with van der Waals surface area (Å²) in [6.07, 6.45) is 1.41. The van der Waals surface area contributed by atoms with E-state index in [1.165, 1.54) is 42.2 Å². The van der Waals surface area contributed by atoms with Gasteiger partial charge in [-0.25, -0.2) is 29.1 Å². The molecular formula is C34H28Br2ClF3N8O6. The molecule has 14 nitrogen and oxygen atoms in total. The lowest BCUT2D eigenvalue weighted by molar-refractivity contribution is 0.0168. The highest BCUT2D eigenvalue weighted by Gasteiger charge is 2.25. The van der Waals surface area contributed by atoms with E-state index in [0.717, 1.165) is 6.07 Å². The molecule has 5 N–H and O–H groups in total. The molecule has 2 heterocycles. The topological polar surface area (TPSA) is 166 Å². The van der Waals surface area contributed by atoms with Crippen LogP contribution in [0.15, 0.2) is 63.8 Å². The second-order valence-electron chi connectivity index (χ2n) is 11.4. The Kier molecular flexibility index (Phi) is 11.9. The van der Waals surface area contributed by atoms with Gasteiger partial charge in [-0.05, 0) is 48.5 Å². The average Bonchev–Trinajstić information content (AvgIpc) is 3.67. The van der Waals surface area contributed by atoms with Gasteiger partial charge in [0.15, 0.2) is 11.6 Å². The Hall–Kier alpha value is -4.92. The maximum atomic E-state index is 16.1. The van der Waals surface area contributed by atoms with Crippen molar-refractivity contribution in [2.45, 2.75) is 0 Å². The number of hydrogen-bond donors (Lipinski definition) is 5. The lowest BCUT2D eigenvalue weighted by Gasteiger charge is -2.15. The first-order valence-corrected chi connectivity index (χ1v) is 17.7. The van der Waals surface area contributed by atoms with Crippen LogP contribution >= 0.6 is 43.5 Å². The number of nitrogens with one attached hydrogen (secondary N) is 4. The second kappa shape index (κ2) is 16.6. The van der Waals surface area contributed by atoms with Gasteiger partial charge < -0.3 is 25.0 Å². The number of hydrogen-bond acceptors (Lipinski definition) is 10. The molecule has 0 bridgehead atoms. The molecule has 6 aromatic rings. The Balaban J connectivity index is 1.19. The van der Waals surface area contributed by atoms with Crippen molar-refractivity contribution in [3.05, 3.63) is 97.4 Å².